The average Bonchev–Trinajstić information content (AvgIpc) is 4.03. The minimum absolute atomic E-state index is 0.0462. The molecule has 4 aliphatic rings. The number of carboxylic acid groups (broad SMARTS) is 1. The number of nitrogens with zero attached hydrogens (tertiary/aromatic N) is 5. The van der Waals surface area contributed by atoms with Gasteiger partial charge in [-0.1, -0.05) is 0 Å². The van der Waals surface area contributed by atoms with Crippen molar-refractivity contribution >= 4 is 57.0 Å². The Bertz CT molecular complexity index is 2870. The van der Waals surface area contributed by atoms with Crippen molar-refractivity contribution in [2.75, 3.05) is 99.4 Å². The zero-order valence-corrected chi connectivity index (χ0v) is 36.8. The number of morpholine rings is 2. The lowest BCUT2D eigenvalue weighted by Crippen LogP contribution is -2.36. The molecule has 0 aliphatic carbocycles. The number of anilines is 4. The first-order valence-corrected chi connectivity index (χ1v) is 22.3. The highest BCUT2D eigenvalue weighted by Crippen LogP contribution is 2.42. The smallest absolute Gasteiger partial charge is 0.335 e. The van der Waals surface area contributed by atoms with Crippen LogP contribution in [0.1, 0.15) is 69.6 Å². The van der Waals surface area contributed by atoms with Crippen molar-refractivity contribution in [3.05, 3.63) is 139 Å². The summed E-state index contributed by atoms with van der Waals surface area (Å²) in [4.78, 5) is 60.7. The van der Waals surface area contributed by atoms with Crippen LogP contribution in [0.2, 0.25) is 0 Å². The Labute approximate surface area is 379 Å². The molecule has 1 amide bonds. The molecule has 2 aromatic heterocycles. The second-order valence-electron chi connectivity index (χ2n) is 17.1. The third-order valence-corrected chi connectivity index (χ3v) is 12.8. The van der Waals surface area contributed by atoms with E-state index in [4.69, 9.17) is 18.3 Å². The number of rotatable bonds is 8. The molecule has 1 N–H and O–H groups in total. The molecule has 0 bridgehead atoms. The maximum Gasteiger partial charge on any atom is 0.335 e. The van der Waals surface area contributed by atoms with Crippen LogP contribution in [0.4, 0.5) is 31.9 Å². The summed E-state index contributed by atoms with van der Waals surface area (Å²) in [7, 11) is 3.38. The molecule has 4 saturated heterocycles. The number of fused-ring (bicyclic) bond motifs is 2. The van der Waals surface area contributed by atoms with Crippen LogP contribution >= 0.6 is 0 Å². The molecule has 2 atom stereocenters. The number of hydrogen-bond acceptors (Lipinski definition) is 12. The van der Waals surface area contributed by atoms with Crippen molar-refractivity contribution in [1.82, 2.24) is 4.90 Å². The Balaban J connectivity index is 0.000000166. The lowest BCUT2D eigenvalue weighted by Gasteiger charge is -2.29. The maximum absolute atomic E-state index is 13.6. The molecule has 0 saturated carbocycles. The highest BCUT2D eigenvalue weighted by Gasteiger charge is 2.33. The molecule has 6 heterocycles. The first kappa shape index (κ1) is 44.4. The Morgan fingerprint density at radius 3 is 1.41 bits per heavy atom. The highest BCUT2D eigenvalue weighted by molar-refractivity contribution is 5.99. The van der Waals surface area contributed by atoms with E-state index in [-0.39, 0.29) is 51.4 Å². The van der Waals surface area contributed by atoms with Gasteiger partial charge in [0.15, 0.2) is 22.6 Å². The molecular formula is C50H51F2N5O9. The molecule has 10 rings (SSSR count). The first-order valence-electron chi connectivity index (χ1n) is 22.3. The van der Waals surface area contributed by atoms with Crippen LogP contribution in [0.3, 0.4) is 0 Å². The van der Waals surface area contributed by atoms with Gasteiger partial charge in [-0.05, 0) is 98.5 Å². The zero-order valence-electron chi connectivity index (χ0n) is 36.8. The molecule has 344 valence electrons. The second-order valence-corrected chi connectivity index (χ2v) is 17.1. The second kappa shape index (κ2) is 19.0. The van der Waals surface area contributed by atoms with Gasteiger partial charge in [0, 0.05) is 93.6 Å². The number of halogens is 2. The molecule has 4 fully saturated rings. The SMILES string of the molecule is CN(C)C(=O)c1cc([C@H]2CCCN2c2ccc(F)cc2)c2oc(N3CCOCC3)cc(=O)c2c1.O=C(O)c1cc([C@H]2CCCN2c2ccc(F)cc2)c2oc(N3CCOCC3)cc(=O)c2c1. The highest BCUT2D eigenvalue weighted by atomic mass is 19.1. The summed E-state index contributed by atoms with van der Waals surface area (Å²) in [5.74, 6) is -0.905. The van der Waals surface area contributed by atoms with E-state index in [0.29, 0.717) is 92.1 Å². The van der Waals surface area contributed by atoms with Gasteiger partial charge in [0.1, 0.15) is 22.8 Å². The van der Waals surface area contributed by atoms with Crippen LogP contribution in [0.5, 0.6) is 0 Å². The van der Waals surface area contributed by atoms with Gasteiger partial charge in [-0.15, -0.1) is 0 Å². The van der Waals surface area contributed by atoms with Gasteiger partial charge in [0.2, 0.25) is 0 Å². The minimum Gasteiger partial charge on any atom is -0.478 e. The molecule has 66 heavy (non-hydrogen) atoms. The molecule has 0 radical (unpaired) electrons. The molecule has 4 aliphatic heterocycles. The number of hydrogen-bond donors (Lipinski definition) is 1. The van der Waals surface area contributed by atoms with Gasteiger partial charge in [-0.3, -0.25) is 14.4 Å². The van der Waals surface area contributed by atoms with E-state index >= 15 is 0 Å². The van der Waals surface area contributed by atoms with Crippen molar-refractivity contribution in [3.8, 4) is 0 Å². The van der Waals surface area contributed by atoms with E-state index in [9.17, 15) is 33.1 Å². The van der Waals surface area contributed by atoms with Gasteiger partial charge in [0.05, 0.1) is 54.8 Å². The van der Waals surface area contributed by atoms with E-state index in [0.717, 1.165) is 55.7 Å². The van der Waals surface area contributed by atoms with E-state index in [1.807, 2.05) is 15.9 Å². The van der Waals surface area contributed by atoms with Crippen molar-refractivity contribution in [2.45, 2.75) is 37.8 Å². The summed E-state index contributed by atoms with van der Waals surface area (Å²) in [6, 6.07) is 21.8. The van der Waals surface area contributed by atoms with Crippen LogP contribution in [-0.4, -0.2) is 102 Å². The third kappa shape index (κ3) is 9.07. The van der Waals surface area contributed by atoms with Gasteiger partial charge >= 0.3 is 5.97 Å². The number of amides is 1. The lowest BCUT2D eigenvalue weighted by atomic mass is 9.97. The predicted molar refractivity (Wildman–Crippen MR) is 247 cm³/mol. The number of ether oxygens (including phenoxy) is 2. The van der Waals surface area contributed by atoms with Gasteiger partial charge < -0.3 is 47.9 Å². The van der Waals surface area contributed by atoms with Crippen molar-refractivity contribution in [3.63, 3.8) is 0 Å². The topological polar surface area (TPSA) is 149 Å². The van der Waals surface area contributed by atoms with E-state index < -0.39 is 5.97 Å². The fourth-order valence-electron chi connectivity index (χ4n) is 9.49. The van der Waals surface area contributed by atoms with Crippen LogP contribution in [0, 0.1) is 11.6 Å². The number of carboxylic acids is 1. The van der Waals surface area contributed by atoms with E-state index in [1.165, 1.54) is 47.4 Å². The van der Waals surface area contributed by atoms with Crippen LogP contribution in [0.25, 0.3) is 21.9 Å². The zero-order chi connectivity index (χ0) is 46.1. The van der Waals surface area contributed by atoms with Crippen LogP contribution in [0.15, 0.2) is 103 Å². The summed E-state index contributed by atoms with van der Waals surface area (Å²) in [6.07, 6.45) is 3.41. The monoisotopic (exact) mass is 903 g/mol. The fraction of sp³-hybridized carbons (Fsp3) is 0.360. The summed E-state index contributed by atoms with van der Waals surface area (Å²) in [5.41, 5.74) is 4.15. The first-order chi connectivity index (χ1) is 31.9. The quantitative estimate of drug-likeness (QED) is 0.160. The molecular weight excluding hydrogens is 853 g/mol. The Morgan fingerprint density at radius 1 is 0.591 bits per heavy atom. The van der Waals surface area contributed by atoms with Crippen LogP contribution < -0.4 is 30.5 Å². The Morgan fingerprint density at radius 2 is 1.00 bits per heavy atom. The number of benzene rings is 4. The molecule has 14 nitrogen and oxygen atoms in total. The predicted octanol–water partition coefficient (Wildman–Crippen LogP) is 7.62. The van der Waals surface area contributed by atoms with Gasteiger partial charge in [-0.2, -0.15) is 0 Å². The Kier molecular flexibility index (Phi) is 12.8. The van der Waals surface area contributed by atoms with E-state index in [1.54, 1.807) is 50.5 Å². The van der Waals surface area contributed by atoms with Crippen molar-refractivity contribution in [1.29, 1.82) is 0 Å². The van der Waals surface area contributed by atoms with Crippen LogP contribution in [-0.2, 0) is 9.47 Å². The van der Waals surface area contributed by atoms with Crippen molar-refractivity contribution in [2.24, 2.45) is 0 Å². The molecule has 6 aromatic rings. The number of carbonyl (C=O) groups excluding carboxylic acids is 1. The standard InChI is InChI=1S/C26H28FN3O4.C24H23FN2O5/c1-28(2)26(32)17-14-20(22-4-3-9-30(22)19-7-5-18(27)6-8-19)25-21(15-17)23(31)16-24(34-25)29-10-12-33-13-11-29;25-16-3-5-17(6-4-16)27-7-1-2-20(27)18-12-15(24(29)30)13-19-21(28)14-22(32-23(18)19)26-8-10-31-11-9-26/h5-8,14-16,22H,3-4,9-13H2,1-2H3;3-6,12-14,20H,1-2,7-11H2,(H,29,30)/t22-;20-/m11/s1. The normalized spacial score (nSPS) is 18.7. The average molecular weight is 904 g/mol. The Hall–Kier alpha value is -6.78. The molecule has 0 spiro atoms. The van der Waals surface area contributed by atoms with E-state index in [2.05, 4.69) is 9.80 Å². The minimum atomic E-state index is -1.10. The van der Waals surface area contributed by atoms with Crippen molar-refractivity contribution < 1.29 is 41.8 Å². The summed E-state index contributed by atoms with van der Waals surface area (Å²) < 4.78 is 50.5. The largest absolute Gasteiger partial charge is 0.478 e. The number of carbonyl (C=O) groups is 2. The van der Waals surface area contributed by atoms with Gasteiger partial charge in [-0.25, -0.2) is 13.6 Å². The fourth-order valence-corrected chi connectivity index (χ4v) is 9.49. The summed E-state index contributed by atoms with van der Waals surface area (Å²) >= 11 is 0. The summed E-state index contributed by atoms with van der Waals surface area (Å²) in [6.45, 7) is 6.29. The molecule has 4 aromatic carbocycles. The number of aromatic carboxylic acids is 1. The molecule has 16 heteroatoms. The third-order valence-electron chi connectivity index (χ3n) is 12.8. The summed E-state index contributed by atoms with van der Waals surface area (Å²) in [5, 5.41) is 10.3. The van der Waals surface area contributed by atoms with Gasteiger partial charge in [0.25, 0.3) is 5.91 Å². The lowest BCUT2D eigenvalue weighted by molar-refractivity contribution is 0.0696. The maximum atomic E-state index is 13.6. The molecule has 0 unspecified atom stereocenters.